The molecule has 10 heteroatoms. The number of hydrogen-bond donors (Lipinski definition) is 2. The van der Waals surface area contributed by atoms with Crippen molar-refractivity contribution in [1.29, 1.82) is 5.41 Å². The summed E-state index contributed by atoms with van der Waals surface area (Å²) in [5.41, 5.74) is 6.58. The summed E-state index contributed by atoms with van der Waals surface area (Å²) in [4.78, 5) is 9.64. The molecule has 1 aliphatic heterocycles. The second-order valence-corrected chi connectivity index (χ2v) is 9.11. The Bertz CT molecular complexity index is 1230. The number of hydroxylamine groups is 2. The summed E-state index contributed by atoms with van der Waals surface area (Å²) in [5, 5.41) is 9.46. The van der Waals surface area contributed by atoms with Gasteiger partial charge in [0.15, 0.2) is 0 Å². The number of aryl methyl sites for hydroxylation is 1. The van der Waals surface area contributed by atoms with Gasteiger partial charge >= 0.3 is 10.1 Å². The molecule has 9 nitrogen and oxygen atoms in total. The van der Waals surface area contributed by atoms with E-state index in [-0.39, 0.29) is 22.5 Å². The third-order valence-corrected chi connectivity index (χ3v) is 6.34. The third kappa shape index (κ3) is 4.92. The maximum Gasteiger partial charge on any atom is 0.341 e. The standard InChI is InChI=1S/C22H24N4O5S/c1-15-10-18(29-13-16-7-9-26(22(23)24)30-14-16)12-19(11-15)31-32(27,28)20-6-2-4-17-5-3-8-25-21(17)20/h2-6,8,10-12,16H,7,9,13-14H2,1H3,(H3,23,24). The Morgan fingerprint density at radius 1 is 1.25 bits per heavy atom. The Morgan fingerprint density at radius 3 is 2.78 bits per heavy atom. The predicted molar refractivity (Wildman–Crippen MR) is 119 cm³/mol. The van der Waals surface area contributed by atoms with Gasteiger partial charge in [-0.2, -0.15) is 8.42 Å². The number of benzene rings is 2. The summed E-state index contributed by atoms with van der Waals surface area (Å²) >= 11 is 0. The lowest BCUT2D eigenvalue weighted by atomic mass is 10.1. The topological polar surface area (TPSA) is 128 Å². The lowest BCUT2D eigenvalue weighted by Gasteiger charge is -2.31. The monoisotopic (exact) mass is 456 g/mol. The van der Waals surface area contributed by atoms with Crippen molar-refractivity contribution in [1.82, 2.24) is 10.0 Å². The van der Waals surface area contributed by atoms with E-state index in [1.165, 1.54) is 11.1 Å². The van der Waals surface area contributed by atoms with E-state index in [1.54, 1.807) is 42.6 Å². The Labute approximate surface area is 186 Å². The molecule has 0 amide bonds. The van der Waals surface area contributed by atoms with Crippen LogP contribution in [0.4, 0.5) is 0 Å². The van der Waals surface area contributed by atoms with Crippen LogP contribution >= 0.6 is 0 Å². The molecule has 1 unspecified atom stereocenters. The molecule has 2 heterocycles. The SMILES string of the molecule is Cc1cc(OCC2CCN(C(=N)N)OC2)cc(OS(=O)(=O)c2cccc3cccnc23)c1. The van der Waals surface area contributed by atoms with Gasteiger partial charge in [0.1, 0.15) is 16.4 Å². The van der Waals surface area contributed by atoms with Gasteiger partial charge in [-0.05, 0) is 43.2 Å². The lowest BCUT2D eigenvalue weighted by Crippen LogP contribution is -2.43. The second-order valence-electron chi connectivity index (χ2n) is 7.60. The molecule has 32 heavy (non-hydrogen) atoms. The van der Waals surface area contributed by atoms with Crippen LogP contribution in [0.15, 0.2) is 59.6 Å². The maximum atomic E-state index is 13.0. The number of ether oxygens (including phenoxy) is 1. The van der Waals surface area contributed by atoms with Gasteiger partial charge in [-0.25, -0.2) is 5.06 Å². The minimum atomic E-state index is -4.10. The summed E-state index contributed by atoms with van der Waals surface area (Å²) in [5.74, 6) is 0.671. The van der Waals surface area contributed by atoms with Crippen molar-refractivity contribution in [2.24, 2.45) is 11.7 Å². The van der Waals surface area contributed by atoms with Gasteiger partial charge in [0.25, 0.3) is 0 Å². The number of para-hydroxylation sites is 1. The van der Waals surface area contributed by atoms with E-state index < -0.39 is 10.1 Å². The largest absolute Gasteiger partial charge is 0.493 e. The van der Waals surface area contributed by atoms with Crippen molar-refractivity contribution < 1.29 is 22.2 Å². The van der Waals surface area contributed by atoms with Gasteiger partial charge in [-0.15, -0.1) is 0 Å². The van der Waals surface area contributed by atoms with Crippen LogP contribution < -0.4 is 14.7 Å². The van der Waals surface area contributed by atoms with Crippen LogP contribution in [0, 0.1) is 18.3 Å². The minimum Gasteiger partial charge on any atom is -0.493 e. The molecule has 1 saturated heterocycles. The minimum absolute atomic E-state index is 0.00829. The first kappa shape index (κ1) is 21.8. The molecule has 1 aromatic heterocycles. The highest BCUT2D eigenvalue weighted by atomic mass is 32.2. The van der Waals surface area contributed by atoms with Crippen LogP contribution in [0.1, 0.15) is 12.0 Å². The summed E-state index contributed by atoms with van der Waals surface area (Å²) in [6.45, 7) is 3.12. The molecule has 1 aliphatic rings. The fourth-order valence-electron chi connectivity index (χ4n) is 3.47. The molecule has 0 radical (unpaired) electrons. The maximum absolute atomic E-state index is 13.0. The second kappa shape index (κ2) is 9.01. The smallest absolute Gasteiger partial charge is 0.341 e. The fraction of sp³-hybridized carbons (Fsp3) is 0.273. The molecule has 0 saturated carbocycles. The molecule has 3 aromatic rings. The van der Waals surface area contributed by atoms with Gasteiger partial charge in [0.2, 0.25) is 5.96 Å². The molecular formula is C22H24N4O5S. The van der Waals surface area contributed by atoms with Crippen molar-refractivity contribution in [3.05, 3.63) is 60.3 Å². The Hall–Kier alpha value is -3.37. The molecule has 3 N–H and O–H groups in total. The number of guanidine groups is 1. The van der Waals surface area contributed by atoms with Crippen molar-refractivity contribution in [2.75, 3.05) is 19.8 Å². The quantitative estimate of drug-likeness (QED) is 0.329. The van der Waals surface area contributed by atoms with Gasteiger partial charge in [-0.3, -0.25) is 15.2 Å². The van der Waals surface area contributed by atoms with E-state index in [0.717, 1.165) is 12.0 Å². The number of nitrogens with zero attached hydrogens (tertiary/aromatic N) is 2. The van der Waals surface area contributed by atoms with Crippen LogP contribution in [0.2, 0.25) is 0 Å². The van der Waals surface area contributed by atoms with E-state index in [0.29, 0.717) is 36.4 Å². The van der Waals surface area contributed by atoms with Crippen LogP contribution in [0.25, 0.3) is 10.9 Å². The van der Waals surface area contributed by atoms with E-state index in [9.17, 15) is 8.42 Å². The first-order chi connectivity index (χ1) is 15.3. The van der Waals surface area contributed by atoms with Gasteiger partial charge in [0.05, 0.1) is 18.7 Å². The lowest BCUT2D eigenvalue weighted by molar-refractivity contribution is -0.149. The summed E-state index contributed by atoms with van der Waals surface area (Å²) in [7, 11) is -4.10. The molecule has 0 aliphatic carbocycles. The van der Waals surface area contributed by atoms with E-state index in [4.69, 9.17) is 24.9 Å². The Morgan fingerprint density at radius 2 is 2.03 bits per heavy atom. The molecule has 0 bridgehead atoms. The van der Waals surface area contributed by atoms with E-state index in [1.807, 2.05) is 13.0 Å². The number of fused-ring (bicyclic) bond motifs is 1. The zero-order valence-electron chi connectivity index (χ0n) is 17.5. The van der Waals surface area contributed by atoms with Crippen LogP contribution in [-0.4, -0.2) is 44.2 Å². The summed E-state index contributed by atoms with van der Waals surface area (Å²) in [6, 6.07) is 13.5. The van der Waals surface area contributed by atoms with E-state index >= 15 is 0 Å². The molecule has 4 rings (SSSR count). The van der Waals surface area contributed by atoms with Gasteiger partial charge < -0.3 is 14.7 Å². The molecular weight excluding hydrogens is 432 g/mol. The number of aromatic nitrogens is 1. The van der Waals surface area contributed by atoms with Crippen molar-refractivity contribution in [3.8, 4) is 11.5 Å². The molecule has 1 fully saturated rings. The van der Waals surface area contributed by atoms with Crippen molar-refractivity contribution in [2.45, 2.75) is 18.2 Å². The molecule has 168 valence electrons. The molecule has 0 spiro atoms. The number of pyridine rings is 1. The fourth-order valence-corrected chi connectivity index (χ4v) is 4.57. The van der Waals surface area contributed by atoms with Crippen molar-refractivity contribution in [3.63, 3.8) is 0 Å². The van der Waals surface area contributed by atoms with Crippen LogP contribution in [0.3, 0.4) is 0 Å². The number of nitrogens with one attached hydrogen (secondary N) is 1. The number of nitrogens with two attached hydrogens (primary N) is 1. The molecule has 2 aromatic carbocycles. The highest BCUT2D eigenvalue weighted by Gasteiger charge is 2.23. The average Bonchev–Trinajstić information content (AvgIpc) is 2.77. The predicted octanol–water partition coefficient (Wildman–Crippen LogP) is 2.84. The Balaban J connectivity index is 1.47. The number of rotatable bonds is 6. The van der Waals surface area contributed by atoms with Crippen LogP contribution in [0.5, 0.6) is 11.5 Å². The van der Waals surface area contributed by atoms with Gasteiger partial charge in [0, 0.05) is 30.1 Å². The zero-order chi connectivity index (χ0) is 22.7. The van der Waals surface area contributed by atoms with Gasteiger partial charge in [-0.1, -0.05) is 18.2 Å². The third-order valence-electron chi connectivity index (χ3n) is 5.06. The average molecular weight is 457 g/mol. The van der Waals surface area contributed by atoms with Crippen LogP contribution in [-0.2, 0) is 15.0 Å². The zero-order valence-corrected chi connectivity index (χ0v) is 18.3. The highest BCUT2D eigenvalue weighted by Crippen LogP contribution is 2.28. The van der Waals surface area contributed by atoms with Crippen molar-refractivity contribution >= 4 is 27.0 Å². The molecule has 1 atom stereocenters. The first-order valence-electron chi connectivity index (χ1n) is 10.1. The first-order valence-corrected chi connectivity index (χ1v) is 11.5. The Kier molecular flexibility index (Phi) is 6.15. The normalized spacial score (nSPS) is 16.7. The number of hydrogen-bond acceptors (Lipinski definition) is 7. The summed E-state index contributed by atoms with van der Waals surface area (Å²) in [6.07, 6.45) is 2.31. The highest BCUT2D eigenvalue weighted by molar-refractivity contribution is 7.87. The summed E-state index contributed by atoms with van der Waals surface area (Å²) < 4.78 is 37.3. The van der Waals surface area contributed by atoms with E-state index in [2.05, 4.69) is 4.98 Å².